The fourth-order valence-electron chi connectivity index (χ4n) is 2.78. The molecule has 114 valence electrons. The topological polar surface area (TPSA) is 81.5 Å². The molecule has 1 aromatic carbocycles. The Morgan fingerprint density at radius 3 is 2.71 bits per heavy atom. The molecule has 1 aliphatic carbocycles. The zero-order chi connectivity index (χ0) is 15.4. The van der Waals surface area contributed by atoms with Crippen molar-refractivity contribution in [2.24, 2.45) is 5.92 Å². The van der Waals surface area contributed by atoms with E-state index in [-0.39, 0.29) is 17.3 Å². The molecule has 0 saturated heterocycles. The molecule has 0 radical (unpaired) electrons. The number of hydrogen-bond acceptors (Lipinski definition) is 5. The highest BCUT2D eigenvalue weighted by molar-refractivity contribution is 5.96. The summed E-state index contributed by atoms with van der Waals surface area (Å²) in [7, 11) is 1.27. The standard InChI is InChI=1S/C15H20N2O4/c1-10-5-3-4-6-13(10)16-14-8-7-11(17(19)20)9-12(14)15(18)21-2/h7-10,13,16H,3-6H2,1-2H3. The van der Waals surface area contributed by atoms with Gasteiger partial charge in [0, 0.05) is 23.9 Å². The Bertz CT molecular complexity index is 544. The number of hydrogen-bond donors (Lipinski definition) is 1. The number of carbonyl (C=O) groups excluding carboxylic acids is 1. The average Bonchev–Trinajstić information content (AvgIpc) is 2.49. The molecular weight excluding hydrogens is 272 g/mol. The second-order valence-corrected chi connectivity index (χ2v) is 5.49. The monoisotopic (exact) mass is 292 g/mol. The number of nitro groups is 1. The summed E-state index contributed by atoms with van der Waals surface area (Å²) in [5.74, 6) is -0.0518. The normalized spacial score (nSPS) is 21.6. The first-order chi connectivity index (χ1) is 10.0. The first-order valence-corrected chi connectivity index (χ1v) is 7.16. The van der Waals surface area contributed by atoms with Gasteiger partial charge in [-0.3, -0.25) is 10.1 Å². The second-order valence-electron chi connectivity index (χ2n) is 5.49. The van der Waals surface area contributed by atoms with Gasteiger partial charge in [0.2, 0.25) is 0 Å². The van der Waals surface area contributed by atoms with Gasteiger partial charge in [-0.05, 0) is 24.8 Å². The minimum Gasteiger partial charge on any atom is -0.465 e. The summed E-state index contributed by atoms with van der Waals surface area (Å²) in [4.78, 5) is 22.2. The van der Waals surface area contributed by atoms with E-state index in [1.165, 1.54) is 25.7 Å². The molecule has 1 aromatic rings. The Morgan fingerprint density at radius 2 is 2.10 bits per heavy atom. The summed E-state index contributed by atoms with van der Waals surface area (Å²) in [5.41, 5.74) is 0.702. The number of nitrogens with one attached hydrogen (secondary N) is 1. The number of methoxy groups -OCH3 is 1. The number of esters is 1. The zero-order valence-electron chi connectivity index (χ0n) is 12.3. The van der Waals surface area contributed by atoms with Crippen molar-refractivity contribution in [3.8, 4) is 0 Å². The summed E-state index contributed by atoms with van der Waals surface area (Å²) < 4.78 is 4.73. The number of benzene rings is 1. The van der Waals surface area contributed by atoms with Crippen molar-refractivity contribution >= 4 is 17.3 Å². The van der Waals surface area contributed by atoms with Gasteiger partial charge in [0.15, 0.2) is 0 Å². The van der Waals surface area contributed by atoms with Gasteiger partial charge >= 0.3 is 5.97 Å². The van der Waals surface area contributed by atoms with E-state index in [2.05, 4.69) is 12.2 Å². The van der Waals surface area contributed by atoms with Crippen molar-refractivity contribution in [2.45, 2.75) is 38.6 Å². The largest absolute Gasteiger partial charge is 0.465 e. The van der Waals surface area contributed by atoms with Crippen LogP contribution in [-0.2, 0) is 4.74 Å². The van der Waals surface area contributed by atoms with Crippen LogP contribution in [0.15, 0.2) is 18.2 Å². The highest BCUT2D eigenvalue weighted by atomic mass is 16.6. The number of non-ortho nitro benzene ring substituents is 1. The Morgan fingerprint density at radius 1 is 1.38 bits per heavy atom. The summed E-state index contributed by atoms with van der Waals surface area (Å²) in [6, 6.07) is 4.54. The fourth-order valence-corrected chi connectivity index (χ4v) is 2.78. The number of ether oxygens (including phenoxy) is 1. The average molecular weight is 292 g/mol. The van der Waals surface area contributed by atoms with Crippen LogP contribution in [0, 0.1) is 16.0 Å². The van der Waals surface area contributed by atoms with Gasteiger partial charge in [-0.15, -0.1) is 0 Å². The van der Waals surface area contributed by atoms with Crippen molar-refractivity contribution in [3.05, 3.63) is 33.9 Å². The molecule has 0 amide bonds. The number of anilines is 1. The molecule has 0 aromatic heterocycles. The third-order valence-corrected chi connectivity index (χ3v) is 4.07. The molecule has 0 aliphatic heterocycles. The van der Waals surface area contributed by atoms with E-state index in [9.17, 15) is 14.9 Å². The Labute approximate surface area is 123 Å². The lowest BCUT2D eigenvalue weighted by Gasteiger charge is -2.30. The van der Waals surface area contributed by atoms with E-state index in [0.717, 1.165) is 19.3 Å². The molecule has 1 aliphatic rings. The molecular formula is C15H20N2O4. The van der Waals surface area contributed by atoms with Gasteiger partial charge < -0.3 is 10.1 Å². The first kappa shape index (κ1) is 15.3. The van der Waals surface area contributed by atoms with Crippen molar-refractivity contribution in [1.29, 1.82) is 0 Å². The van der Waals surface area contributed by atoms with Crippen LogP contribution in [0.4, 0.5) is 11.4 Å². The Balaban J connectivity index is 2.29. The van der Waals surface area contributed by atoms with Gasteiger partial charge in [0.25, 0.3) is 5.69 Å². The molecule has 21 heavy (non-hydrogen) atoms. The summed E-state index contributed by atoms with van der Waals surface area (Å²) in [6.07, 6.45) is 4.57. The molecule has 6 nitrogen and oxygen atoms in total. The minimum absolute atomic E-state index is 0.113. The molecule has 1 N–H and O–H groups in total. The Kier molecular flexibility index (Phi) is 4.77. The van der Waals surface area contributed by atoms with Crippen molar-refractivity contribution in [2.75, 3.05) is 12.4 Å². The first-order valence-electron chi connectivity index (χ1n) is 7.16. The maximum atomic E-state index is 11.8. The van der Waals surface area contributed by atoms with Gasteiger partial charge in [0.05, 0.1) is 17.6 Å². The molecule has 0 bridgehead atoms. The van der Waals surface area contributed by atoms with E-state index >= 15 is 0 Å². The van der Waals surface area contributed by atoms with E-state index in [1.807, 2.05) is 0 Å². The highest BCUT2D eigenvalue weighted by Crippen LogP contribution is 2.29. The number of nitro benzene ring substituents is 1. The van der Waals surface area contributed by atoms with Gasteiger partial charge in [-0.2, -0.15) is 0 Å². The maximum absolute atomic E-state index is 11.8. The van der Waals surface area contributed by atoms with E-state index < -0.39 is 10.9 Å². The van der Waals surface area contributed by atoms with Crippen molar-refractivity contribution in [3.63, 3.8) is 0 Å². The van der Waals surface area contributed by atoms with Crippen LogP contribution < -0.4 is 5.32 Å². The highest BCUT2D eigenvalue weighted by Gasteiger charge is 2.24. The molecule has 0 spiro atoms. The lowest BCUT2D eigenvalue weighted by Crippen LogP contribution is -2.31. The zero-order valence-corrected chi connectivity index (χ0v) is 12.3. The van der Waals surface area contributed by atoms with Crippen molar-refractivity contribution < 1.29 is 14.5 Å². The summed E-state index contributed by atoms with van der Waals surface area (Å²) >= 11 is 0. The maximum Gasteiger partial charge on any atom is 0.340 e. The Hall–Kier alpha value is -2.11. The van der Waals surface area contributed by atoms with Crippen LogP contribution in [0.2, 0.25) is 0 Å². The quantitative estimate of drug-likeness (QED) is 0.522. The van der Waals surface area contributed by atoms with Crippen molar-refractivity contribution in [1.82, 2.24) is 0 Å². The van der Waals surface area contributed by atoms with Crippen LogP contribution in [-0.4, -0.2) is 24.0 Å². The van der Waals surface area contributed by atoms with Gasteiger partial charge in [-0.1, -0.05) is 19.8 Å². The smallest absolute Gasteiger partial charge is 0.340 e. The number of rotatable bonds is 4. The van der Waals surface area contributed by atoms with E-state index in [1.54, 1.807) is 6.07 Å². The van der Waals surface area contributed by atoms with Crippen LogP contribution in [0.3, 0.4) is 0 Å². The third-order valence-electron chi connectivity index (χ3n) is 4.07. The molecule has 2 rings (SSSR count). The van der Waals surface area contributed by atoms with Gasteiger partial charge in [-0.25, -0.2) is 4.79 Å². The lowest BCUT2D eigenvalue weighted by molar-refractivity contribution is -0.384. The SMILES string of the molecule is COC(=O)c1cc([N+](=O)[O-])ccc1NC1CCCCC1C. The second kappa shape index (κ2) is 6.56. The third kappa shape index (κ3) is 3.51. The van der Waals surface area contributed by atoms with Crippen LogP contribution >= 0.6 is 0 Å². The van der Waals surface area contributed by atoms with Crippen LogP contribution in [0.5, 0.6) is 0 Å². The predicted octanol–water partition coefficient (Wildman–Crippen LogP) is 3.37. The van der Waals surface area contributed by atoms with Crippen LogP contribution in [0.1, 0.15) is 43.0 Å². The minimum atomic E-state index is -0.565. The fraction of sp³-hybridized carbons (Fsp3) is 0.533. The lowest BCUT2D eigenvalue weighted by atomic mass is 9.85. The molecule has 6 heteroatoms. The van der Waals surface area contributed by atoms with Gasteiger partial charge in [0.1, 0.15) is 0 Å². The molecule has 1 fully saturated rings. The predicted molar refractivity (Wildman–Crippen MR) is 79.5 cm³/mol. The van der Waals surface area contributed by atoms with E-state index in [0.29, 0.717) is 11.6 Å². The number of nitrogens with zero attached hydrogens (tertiary/aromatic N) is 1. The number of carbonyl (C=O) groups is 1. The summed E-state index contributed by atoms with van der Waals surface area (Å²) in [6.45, 7) is 2.18. The van der Waals surface area contributed by atoms with Crippen LogP contribution in [0.25, 0.3) is 0 Å². The molecule has 2 atom stereocenters. The molecule has 2 unspecified atom stereocenters. The molecule has 0 heterocycles. The van der Waals surface area contributed by atoms with E-state index in [4.69, 9.17) is 4.74 Å². The molecule has 1 saturated carbocycles. The summed E-state index contributed by atoms with van der Waals surface area (Å²) in [5, 5.41) is 14.2.